The van der Waals surface area contributed by atoms with Crippen LogP contribution in [0.4, 0.5) is 5.69 Å². The maximum Gasteiger partial charge on any atom is 0.139 e. The second kappa shape index (κ2) is 7.39. The first-order chi connectivity index (χ1) is 14.9. The number of hydrogen-bond donors (Lipinski definition) is 3. The van der Waals surface area contributed by atoms with E-state index in [9.17, 15) is 10.2 Å². The zero-order valence-electron chi connectivity index (χ0n) is 18.0. The zero-order chi connectivity index (χ0) is 21.7. The summed E-state index contributed by atoms with van der Waals surface area (Å²) in [5.41, 5.74) is 8.66. The minimum Gasteiger partial charge on any atom is -0.508 e. The predicted octanol–water partition coefficient (Wildman–Crippen LogP) is 4.49. The van der Waals surface area contributed by atoms with Gasteiger partial charge in [0.1, 0.15) is 11.4 Å². The van der Waals surface area contributed by atoms with Crippen LogP contribution in [0.5, 0.6) is 5.75 Å². The molecule has 1 fully saturated rings. The second-order valence-electron chi connectivity index (χ2n) is 8.45. The number of phenolic OH excluding ortho intramolecular Hbond substituents is 1. The molecule has 0 radical (unpaired) electrons. The van der Waals surface area contributed by atoms with Crippen LogP contribution in [0.2, 0.25) is 0 Å². The number of pyridine rings is 2. The molecule has 1 aromatic carbocycles. The Balaban J connectivity index is 1.74. The lowest BCUT2D eigenvalue weighted by molar-refractivity contribution is 0.198. The fourth-order valence-corrected chi connectivity index (χ4v) is 4.57. The summed E-state index contributed by atoms with van der Waals surface area (Å²) in [7, 11) is 0. The van der Waals surface area contributed by atoms with Gasteiger partial charge in [-0.25, -0.2) is 4.98 Å². The average Bonchev–Trinajstić information content (AvgIpc) is 3.34. The highest BCUT2D eigenvalue weighted by atomic mass is 16.3. The van der Waals surface area contributed by atoms with Crippen LogP contribution in [0.25, 0.3) is 33.4 Å². The minimum atomic E-state index is -0.333. The number of H-pyrrole nitrogens is 1. The maximum atomic E-state index is 10.3. The molecule has 31 heavy (non-hydrogen) atoms. The molecule has 4 aromatic rings. The lowest BCUT2D eigenvalue weighted by Crippen LogP contribution is -2.21. The van der Waals surface area contributed by atoms with E-state index in [1.165, 1.54) is 0 Å². The van der Waals surface area contributed by atoms with Crippen molar-refractivity contribution in [2.24, 2.45) is 0 Å². The van der Waals surface area contributed by atoms with E-state index in [0.29, 0.717) is 6.54 Å². The van der Waals surface area contributed by atoms with Crippen LogP contribution in [-0.4, -0.2) is 44.4 Å². The number of aromatic hydroxyl groups is 1. The van der Waals surface area contributed by atoms with Crippen LogP contribution in [0.15, 0.2) is 42.7 Å². The van der Waals surface area contributed by atoms with Crippen molar-refractivity contribution in [3.63, 3.8) is 0 Å². The number of nitrogens with zero attached hydrogens (tertiary/aromatic N) is 3. The Kier molecular flexibility index (Phi) is 4.67. The van der Waals surface area contributed by atoms with Crippen LogP contribution >= 0.6 is 0 Å². The van der Waals surface area contributed by atoms with E-state index < -0.39 is 0 Å². The molecule has 1 saturated heterocycles. The highest BCUT2D eigenvalue weighted by molar-refractivity contribution is 6.02. The number of aliphatic hydroxyl groups is 1. The van der Waals surface area contributed by atoms with E-state index in [2.05, 4.69) is 27.0 Å². The molecule has 158 valence electrons. The monoisotopic (exact) mass is 414 g/mol. The number of fused-ring (bicyclic) bond motifs is 1. The first kappa shape index (κ1) is 19.6. The van der Waals surface area contributed by atoms with Crippen molar-refractivity contribution in [3.8, 4) is 28.1 Å². The smallest absolute Gasteiger partial charge is 0.139 e. The van der Waals surface area contributed by atoms with Crippen molar-refractivity contribution in [3.05, 3.63) is 59.5 Å². The Morgan fingerprint density at radius 2 is 1.84 bits per heavy atom. The fourth-order valence-electron chi connectivity index (χ4n) is 4.57. The Morgan fingerprint density at radius 3 is 2.55 bits per heavy atom. The molecule has 1 aliphatic heterocycles. The Morgan fingerprint density at radius 1 is 1.03 bits per heavy atom. The van der Waals surface area contributed by atoms with Crippen LogP contribution in [-0.2, 0) is 0 Å². The van der Waals surface area contributed by atoms with E-state index in [-0.39, 0.29) is 11.9 Å². The van der Waals surface area contributed by atoms with Crippen molar-refractivity contribution < 1.29 is 10.2 Å². The van der Waals surface area contributed by atoms with Gasteiger partial charge >= 0.3 is 0 Å². The van der Waals surface area contributed by atoms with Gasteiger partial charge < -0.3 is 20.1 Å². The molecular formula is C25H26N4O2. The molecule has 4 heterocycles. The van der Waals surface area contributed by atoms with Gasteiger partial charge in [-0.3, -0.25) is 4.98 Å². The first-order valence-corrected chi connectivity index (χ1v) is 10.6. The first-order valence-electron chi connectivity index (χ1n) is 10.6. The molecule has 0 amide bonds. The third-order valence-electron chi connectivity index (χ3n) is 6.24. The minimum absolute atomic E-state index is 0.282. The summed E-state index contributed by atoms with van der Waals surface area (Å²) in [6, 6.07) is 9.87. The van der Waals surface area contributed by atoms with Gasteiger partial charge in [0, 0.05) is 47.7 Å². The molecule has 3 aromatic heterocycles. The van der Waals surface area contributed by atoms with E-state index >= 15 is 0 Å². The number of hydrogen-bond acceptors (Lipinski definition) is 5. The number of anilines is 1. The number of aromatic amines is 1. The van der Waals surface area contributed by atoms with Crippen LogP contribution in [0, 0.1) is 20.8 Å². The highest BCUT2D eigenvalue weighted by Gasteiger charge is 2.27. The molecule has 1 unspecified atom stereocenters. The summed E-state index contributed by atoms with van der Waals surface area (Å²) in [4.78, 5) is 14.9. The summed E-state index contributed by atoms with van der Waals surface area (Å²) in [5.74, 6) is 0.282. The van der Waals surface area contributed by atoms with Gasteiger partial charge in [0.05, 0.1) is 17.5 Å². The molecule has 6 heteroatoms. The molecule has 0 spiro atoms. The topological polar surface area (TPSA) is 85.3 Å². The van der Waals surface area contributed by atoms with Crippen molar-refractivity contribution in [2.75, 3.05) is 18.0 Å². The molecule has 0 aliphatic carbocycles. The maximum absolute atomic E-state index is 10.3. The largest absolute Gasteiger partial charge is 0.508 e. The molecule has 0 bridgehead atoms. The summed E-state index contributed by atoms with van der Waals surface area (Å²) in [6.45, 7) is 7.33. The van der Waals surface area contributed by atoms with Crippen LogP contribution in [0.3, 0.4) is 0 Å². The van der Waals surface area contributed by atoms with E-state index in [4.69, 9.17) is 4.98 Å². The molecule has 6 nitrogen and oxygen atoms in total. The number of rotatable bonds is 3. The number of aromatic nitrogens is 3. The molecular weight excluding hydrogens is 388 g/mol. The normalized spacial score (nSPS) is 16.4. The van der Waals surface area contributed by atoms with Gasteiger partial charge in [-0.1, -0.05) is 6.07 Å². The Bertz CT molecular complexity index is 1280. The number of β-amino-alcohol motifs (C(OH)–C–C–N with tert-alkyl or cyclic N) is 1. The highest BCUT2D eigenvalue weighted by Crippen LogP contribution is 2.41. The summed E-state index contributed by atoms with van der Waals surface area (Å²) in [6.07, 6.45) is 4.14. The second-order valence-corrected chi connectivity index (χ2v) is 8.45. The van der Waals surface area contributed by atoms with Gasteiger partial charge in [-0.05, 0) is 68.1 Å². The third kappa shape index (κ3) is 3.33. The van der Waals surface area contributed by atoms with Gasteiger partial charge in [-0.2, -0.15) is 0 Å². The van der Waals surface area contributed by atoms with Crippen molar-refractivity contribution in [1.82, 2.24) is 15.0 Å². The Hall–Kier alpha value is -3.38. The van der Waals surface area contributed by atoms with Gasteiger partial charge in [-0.15, -0.1) is 0 Å². The number of nitrogens with one attached hydrogen (secondary N) is 1. The van der Waals surface area contributed by atoms with E-state index in [0.717, 1.165) is 68.9 Å². The zero-order valence-corrected chi connectivity index (χ0v) is 18.0. The SMILES string of the molecule is Cc1ccc(-c2[nH]c3ncc(-c4c(C)ccc(O)c4C)cc3c2N2CCC(O)C2)cn1. The van der Waals surface area contributed by atoms with Gasteiger partial charge in [0.25, 0.3) is 0 Å². The molecule has 0 saturated carbocycles. The Labute approximate surface area is 181 Å². The van der Waals surface area contributed by atoms with Crippen molar-refractivity contribution in [1.29, 1.82) is 0 Å². The summed E-state index contributed by atoms with van der Waals surface area (Å²) in [5, 5.41) is 21.5. The van der Waals surface area contributed by atoms with Gasteiger partial charge in [0.2, 0.25) is 0 Å². The number of phenols is 1. The lowest BCUT2D eigenvalue weighted by atomic mass is 9.95. The summed E-state index contributed by atoms with van der Waals surface area (Å²) >= 11 is 0. The number of benzene rings is 1. The molecule has 1 aliphatic rings. The van der Waals surface area contributed by atoms with Crippen molar-refractivity contribution >= 4 is 16.7 Å². The van der Waals surface area contributed by atoms with Crippen molar-refractivity contribution in [2.45, 2.75) is 33.3 Å². The van der Waals surface area contributed by atoms with Crippen LogP contribution in [0.1, 0.15) is 23.2 Å². The predicted molar refractivity (Wildman–Crippen MR) is 123 cm³/mol. The average molecular weight is 415 g/mol. The third-order valence-corrected chi connectivity index (χ3v) is 6.24. The molecule has 5 rings (SSSR count). The van der Waals surface area contributed by atoms with E-state index in [1.54, 1.807) is 6.07 Å². The molecule has 3 N–H and O–H groups in total. The molecule has 1 atom stereocenters. The lowest BCUT2D eigenvalue weighted by Gasteiger charge is -2.19. The standard InChI is InChI=1S/C25H26N4O2/c1-14-4-7-21(31)16(3)22(14)18-10-20-24(29-9-8-19(30)13-29)23(28-25(20)27-12-18)17-6-5-15(2)26-11-17/h4-7,10-12,19,30-31H,8-9,13H2,1-3H3,(H,27,28). The summed E-state index contributed by atoms with van der Waals surface area (Å²) < 4.78 is 0. The van der Waals surface area contributed by atoms with E-state index in [1.807, 2.05) is 45.3 Å². The van der Waals surface area contributed by atoms with Gasteiger partial charge in [0.15, 0.2) is 0 Å². The fraction of sp³-hybridized carbons (Fsp3) is 0.280. The quantitative estimate of drug-likeness (QED) is 0.460. The van der Waals surface area contributed by atoms with Crippen LogP contribution < -0.4 is 4.90 Å². The number of aryl methyl sites for hydroxylation is 2. The number of aliphatic hydroxyl groups excluding tert-OH is 1.